The lowest BCUT2D eigenvalue weighted by Crippen LogP contribution is -1.96. The van der Waals surface area contributed by atoms with E-state index in [9.17, 15) is 19.3 Å². The van der Waals surface area contributed by atoms with Crippen LogP contribution in [0.3, 0.4) is 0 Å². The third-order valence-electron chi connectivity index (χ3n) is 4.09. The van der Waals surface area contributed by atoms with Crippen molar-refractivity contribution in [2.45, 2.75) is 6.42 Å². The molecule has 0 amide bonds. The fourth-order valence-corrected chi connectivity index (χ4v) is 3.84. The van der Waals surface area contributed by atoms with Crippen LogP contribution in [-0.4, -0.2) is 15.7 Å². The summed E-state index contributed by atoms with van der Waals surface area (Å²) in [5.74, 6) is -0.641. The monoisotopic (exact) mass is 382 g/mol. The minimum absolute atomic E-state index is 0.234. The maximum atomic E-state index is 14.2. The van der Waals surface area contributed by atoms with E-state index in [1.807, 2.05) is 0 Å². The minimum atomic E-state index is -0.641. The fourth-order valence-electron chi connectivity index (χ4n) is 2.77. The van der Waals surface area contributed by atoms with Crippen molar-refractivity contribution in [3.05, 3.63) is 92.6 Å². The van der Waals surface area contributed by atoms with E-state index in [-0.39, 0.29) is 23.7 Å². The number of carbonyl (C=O) groups is 1. The van der Waals surface area contributed by atoms with Gasteiger partial charge in [0.25, 0.3) is 5.69 Å². The fraction of sp³-hybridized carbons (Fsp3) is 0.0526. The number of thiophene rings is 1. The van der Waals surface area contributed by atoms with Crippen molar-refractivity contribution in [1.29, 1.82) is 0 Å². The molecule has 0 aliphatic rings. The summed E-state index contributed by atoms with van der Waals surface area (Å²) in [6.07, 6.45) is 3.26. The van der Waals surface area contributed by atoms with Crippen LogP contribution in [0, 0.1) is 15.9 Å². The van der Waals surface area contributed by atoms with E-state index in [4.69, 9.17) is 4.42 Å². The van der Waals surface area contributed by atoms with Crippen LogP contribution < -0.4 is 0 Å². The minimum Gasteiger partial charge on any atom is -0.461 e. The van der Waals surface area contributed by atoms with Crippen LogP contribution in [0.4, 0.5) is 10.1 Å². The summed E-state index contributed by atoms with van der Waals surface area (Å²) in [7, 11) is 0. The van der Waals surface area contributed by atoms with Crippen molar-refractivity contribution in [2.75, 3.05) is 0 Å². The highest BCUT2D eigenvalue weighted by Gasteiger charge is 2.18. The van der Waals surface area contributed by atoms with Gasteiger partial charge in [-0.1, -0.05) is 0 Å². The molecule has 0 radical (unpaired) electrons. The number of carbonyl (C=O) groups excluding carboxylic acids is 1. The molecule has 27 heavy (non-hydrogen) atoms. The summed E-state index contributed by atoms with van der Waals surface area (Å²) < 4.78 is 20.2. The maximum absolute atomic E-state index is 14.2. The molecule has 0 fully saturated rings. The van der Waals surface area contributed by atoms with Gasteiger partial charge in [0.2, 0.25) is 5.78 Å². The van der Waals surface area contributed by atoms with E-state index >= 15 is 0 Å². The van der Waals surface area contributed by atoms with Gasteiger partial charge < -0.3 is 4.42 Å². The van der Waals surface area contributed by atoms with Gasteiger partial charge in [0, 0.05) is 18.7 Å². The van der Waals surface area contributed by atoms with Crippen LogP contribution in [0.15, 0.2) is 59.3 Å². The predicted molar refractivity (Wildman–Crippen MR) is 97.6 cm³/mol. The maximum Gasteiger partial charge on any atom is 0.272 e. The number of fused-ring (bicyclic) bond motifs is 1. The quantitative estimate of drug-likeness (QED) is 0.282. The summed E-state index contributed by atoms with van der Waals surface area (Å²) in [5.41, 5.74) is 1.46. The number of nitro benzene ring substituents is 1. The Kier molecular flexibility index (Phi) is 4.25. The first-order valence-corrected chi connectivity index (χ1v) is 8.73. The van der Waals surface area contributed by atoms with Gasteiger partial charge in [-0.05, 0) is 41.5 Å². The molecule has 0 aliphatic heterocycles. The number of aromatic nitrogens is 1. The lowest BCUT2D eigenvalue weighted by Gasteiger charge is -2.04. The summed E-state index contributed by atoms with van der Waals surface area (Å²) in [6.45, 7) is 0. The number of nitrogens with zero attached hydrogens (tertiary/aromatic N) is 2. The smallest absolute Gasteiger partial charge is 0.272 e. The molecular formula is C19H11FN2O4S. The van der Waals surface area contributed by atoms with Gasteiger partial charge in [0.05, 0.1) is 32.3 Å². The summed E-state index contributed by atoms with van der Waals surface area (Å²) in [4.78, 5) is 27.3. The Hall–Kier alpha value is -3.39. The Balaban J connectivity index is 1.70. The van der Waals surface area contributed by atoms with E-state index in [2.05, 4.69) is 4.98 Å². The lowest BCUT2D eigenvalue weighted by molar-refractivity contribution is -0.385. The topological polar surface area (TPSA) is 86.2 Å². The molecule has 0 saturated carbocycles. The molecule has 1 aromatic carbocycles. The molecule has 6 nitrogen and oxygen atoms in total. The number of benzene rings is 1. The molecule has 0 N–H and O–H groups in total. The van der Waals surface area contributed by atoms with E-state index < -0.39 is 10.7 Å². The first-order chi connectivity index (χ1) is 13.0. The first kappa shape index (κ1) is 17.0. The number of non-ortho nitro benzene ring substituents is 1. The highest BCUT2D eigenvalue weighted by Crippen LogP contribution is 2.31. The van der Waals surface area contributed by atoms with E-state index in [0.29, 0.717) is 16.0 Å². The Labute approximate surface area is 156 Å². The first-order valence-electron chi connectivity index (χ1n) is 7.91. The number of nitro groups is 1. The van der Waals surface area contributed by atoms with Crippen molar-refractivity contribution < 1.29 is 18.5 Å². The average molecular weight is 382 g/mol. The number of pyridine rings is 1. The molecule has 0 spiro atoms. The van der Waals surface area contributed by atoms with Gasteiger partial charge >= 0.3 is 0 Å². The molecule has 4 aromatic rings. The summed E-state index contributed by atoms with van der Waals surface area (Å²) >= 11 is 1.26. The van der Waals surface area contributed by atoms with E-state index in [1.165, 1.54) is 29.7 Å². The Morgan fingerprint density at radius 3 is 2.78 bits per heavy atom. The number of hydrogen-bond acceptors (Lipinski definition) is 6. The van der Waals surface area contributed by atoms with Gasteiger partial charge in [-0.2, -0.15) is 0 Å². The summed E-state index contributed by atoms with van der Waals surface area (Å²) in [5, 5.41) is 10.8. The predicted octanol–water partition coefficient (Wildman–Crippen LogP) is 4.76. The highest BCUT2D eigenvalue weighted by atomic mass is 32.1. The van der Waals surface area contributed by atoms with Crippen molar-refractivity contribution >= 4 is 33.0 Å². The number of rotatable bonds is 5. The molecule has 0 aliphatic carbocycles. The molecular weight excluding hydrogens is 371 g/mol. The standard InChI is InChI=1S/C19H11FN2O4S/c20-14-9-13(22(24)25)4-3-11(14)8-12-5-6-21-15-10-17(27-19(12)15)18(23)16-2-1-7-26-16/h1-7,9-10H,8H2. The zero-order valence-corrected chi connectivity index (χ0v) is 14.5. The molecule has 3 heterocycles. The summed E-state index contributed by atoms with van der Waals surface area (Å²) in [6, 6.07) is 10.3. The molecule has 0 atom stereocenters. The van der Waals surface area contributed by atoms with Crippen LogP contribution in [-0.2, 0) is 6.42 Å². The number of hydrogen-bond donors (Lipinski definition) is 0. The van der Waals surface area contributed by atoms with Crippen LogP contribution >= 0.6 is 11.3 Å². The molecule has 8 heteroatoms. The molecule has 3 aromatic heterocycles. The molecule has 4 rings (SSSR count). The van der Waals surface area contributed by atoms with Gasteiger partial charge in [-0.15, -0.1) is 11.3 Å². The molecule has 134 valence electrons. The third kappa shape index (κ3) is 3.22. The highest BCUT2D eigenvalue weighted by molar-refractivity contribution is 7.21. The van der Waals surface area contributed by atoms with Crippen molar-refractivity contribution in [2.24, 2.45) is 0 Å². The van der Waals surface area contributed by atoms with Gasteiger partial charge in [0.1, 0.15) is 5.82 Å². The number of furan rings is 1. The van der Waals surface area contributed by atoms with Gasteiger partial charge in [0.15, 0.2) is 5.76 Å². The molecule has 0 unspecified atom stereocenters. The van der Waals surface area contributed by atoms with Crippen molar-refractivity contribution in [3.63, 3.8) is 0 Å². The van der Waals surface area contributed by atoms with Crippen LogP contribution in [0.2, 0.25) is 0 Å². The van der Waals surface area contributed by atoms with Crippen molar-refractivity contribution in [3.8, 4) is 0 Å². The van der Waals surface area contributed by atoms with E-state index in [0.717, 1.165) is 16.3 Å². The second-order valence-electron chi connectivity index (χ2n) is 5.81. The average Bonchev–Trinajstić information content (AvgIpc) is 3.32. The van der Waals surface area contributed by atoms with E-state index in [1.54, 1.807) is 30.5 Å². The normalized spacial score (nSPS) is 11.0. The second kappa shape index (κ2) is 6.73. The SMILES string of the molecule is O=C(c1ccco1)c1cc2nccc(Cc3ccc([N+](=O)[O-])cc3F)c2s1. The zero-order valence-electron chi connectivity index (χ0n) is 13.7. The third-order valence-corrected chi connectivity index (χ3v) is 5.29. The van der Waals surface area contributed by atoms with Gasteiger partial charge in [-0.3, -0.25) is 19.9 Å². The Bertz CT molecular complexity index is 1170. The number of ketones is 1. The molecule has 0 bridgehead atoms. The van der Waals surface area contributed by atoms with Crippen LogP contribution in [0.5, 0.6) is 0 Å². The molecule has 0 saturated heterocycles. The van der Waals surface area contributed by atoms with Gasteiger partial charge in [-0.25, -0.2) is 4.39 Å². The lowest BCUT2D eigenvalue weighted by atomic mass is 10.0. The van der Waals surface area contributed by atoms with Crippen LogP contribution in [0.25, 0.3) is 10.2 Å². The van der Waals surface area contributed by atoms with Crippen LogP contribution in [0.1, 0.15) is 26.6 Å². The second-order valence-corrected chi connectivity index (χ2v) is 6.86. The number of halogens is 1. The largest absolute Gasteiger partial charge is 0.461 e. The zero-order chi connectivity index (χ0) is 19.0. The van der Waals surface area contributed by atoms with Crippen molar-refractivity contribution in [1.82, 2.24) is 4.98 Å². The Morgan fingerprint density at radius 2 is 2.07 bits per heavy atom. The Morgan fingerprint density at radius 1 is 1.22 bits per heavy atom.